The van der Waals surface area contributed by atoms with Crippen LogP contribution in [0.3, 0.4) is 0 Å². The van der Waals surface area contributed by atoms with Crippen molar-refractivity contribution >= 4 is 11.3 Å². The standard InChI is InChI=1S/C13H13NOS/c14-13(11-4-6-16-8-11)10-1-2-12-9(7-10)3-5-15-12/h1-2,4,6-8,13H,3,5,14H2/t13-/m0/s1. The molecule has 0 saturated heterocycles. The van der Waals surface area contributed by atoms with Crippen molar-refractivity contribution in [2.45, 2.75) is 12.5 Å². The van der Waals surface area contributed by atoms with Crippen LogP contribution in [0.15, 0.2) is 35.0 Å². The molecule has 0 aliphatic carbocycles. The molecule has 82 valence electrons. The zero-order chi connectivity index (χ0) is 11.0. The lowest BCUT2D eigenvalue weighted by Gasteiger charge is -2.11. The van der Waals surface area contributed by atoms with Crippen molar-refractivity contribution in [1.82, 2.24) is 0 Å². The van der Waals surface area contributed by atoms with Crippen LogP contribution in [0.4, 0.5) is 0 Å². The predicted octanol–water partition coefficient (Wildman–Crippen LogP) is 2.73. The van der Waals surface area contributed by atoms with E-state index in [2.05, 4.69) is 29.0 Å². The topological polar surface area (TPSA) is 35.2 Å². The van der Waals surface area contributed by atoms with Gasteiger partial charge in [0.1, 0.15) is 5.75 Å². The van der Waals surface area contributed by atoms with Crippen LogP contribution < -0.4 is 10.5 Å². The van der Waals surface area contributed by atoms with Gasteiger partial charge in [0.05, 0.1) is 12.6 Å². The van der Waals surface area contributed by atoms with Gasteiger partial charge in [-0.05, 0) is 39.6 Å². The van der Waals surface area contributed by atoms with Crippen LogP contribution >= 0.6 is 11.3 Å². The number of hydrogen-bond acceptors (Lipinski definition) is 3. The van der Waals surface area contributed by atoms with Gasteiger partial charge in [0.2, 0.25) is 0 Å². The summed E-state index contributed by atoms with van der Waals surface area (Å²) in [4.78, 5) is 0. The number of hydrogen-bond donors (Lipinski definition) is 1. The number of ether oxygens (including phenoxy) is 1. The molecule has 0 fully saturated rings. The first-order chi connectivity index (χ1) is 7.84. The van der Waals surface area contributed by atoms with E-state index in [1.807, 2.05) is 6.07 Å². The Balaban J connectivity index is 1.95. The second kappa shape index (κ2) is 3.92. The zero-order valence-corrected chi connectivity index (χ0v) is 9.67. The summed E-state index contributed by atoms with van der Waals surface area (Å²) in [6.07, 6.45) is 1.000. The maximum atomic E-state index is 6.22. The lowest BCUT2D eigenvalue weighted by molar-refractivity contribution is 0.357. The second-order valence-electron chi connectivity index (χ2n) is 4.00. The Morgan fingerprint density at radius 2 is 2.19 bits per heavy atom. The van der Waals surface area contributed by atoms with Gasteiger partial charge in [0, 0.05) is 6.42 Å². The molecular formula is C13H13NOS. The Labute approximate surface area is 98.7 Å². The van der Waals surface area contributed by atoms with Gasteiger partial charge < -0.3 is 10.5 Å². The number of thiophene rings is 1. The molecule has 0 saturated carbocycles. The van der Waals surface area contributed by atoms with Gasteiger partial charge in [0.15, 0.2) is 0 Å². The summed E-state index contributed by atoms with van der Waals surface area (Å²) in [5, 5.41) is 4.17. The van der Waals surface area contributed by atoms with Gasteiger partial charge in [0.25, 0.3) is 0 Å². The third kappa shape index (κ3) is 1.62. The van der Waals surface area contributed by atoms with Crippen molar-refractivity contribution in [3.8, 4) is 5.75 Å². The van der Waals surface area contributed by atoms with Crippen LogP contribution in [-0.4, -0.2) is 6.61 Å². The largest absolute Gasteiger partial charge is 0.493 e. The van der Waals surface area contributed by atoms with Crippen molar-refractivity contribution in [1.29, 1.82) is 0 Å². The molecule has 2 N–H and O–H groups in total. The van der Waals surface area contributed by atoms with Gasteiger partial charge in [-0.3, -0.25) is 0 Å². The van der Waals surface area contributed by atoms with Crippen LogP contribution in [0.2, 0.25) is 0 Å². The van der Waals surface area contributed by atoms with Crippen LogP contribution in [0.1, 0.15) is 22.7 Å². The molecule has 2 nitrogen and oxygen atoms in total. The Morgan fingerprint density at radius 3 is 3.00 bits per heavy atom. The number of rotatable bonds is 2. The third-order valence-electron chi connectivity index (χ3n) is 2.97. The fourth-order valence-corrected chi connectivity index (χ4v) is 2.74. The molecule has 16 heavy (non-hydrogen) atoms. The smallest absolute Gasteiger partial charge is 0.122 e. The molecule has 1 aliphatic rings. The molecule has 0 amide bonds. The van der Waals surface area contributed by atoms with E-state index in [1.54, 1.807) is 11.3 Å². The SMILES string of the molecule is N[C@H](c1ccsc1)c1ccc2c(c1)CCO2. The zero-order valence-electron chi connectivity index (χ0n) is 8.85. The molecule has 0 radical (unpaired) electrons. The van der Waals surface area contributed by atoms with E-state index in [4.69, 9.17) is 10.5 Å². The Kier molecular flexibility index (Phi) is 2.42. The average molecular weight is 231 g/mol. The van der Waals surface area contributed by atoms with Gasteiger partial charge in [-0.15, -0.1) is 0 Å². The Hall–Kier alpha value is -1.32. The van der Waals surface area contributed by atoms with E-state index in [0.29, 0.717) is 0 Å². The van der Waals surface area contributed by atoms with E-state index in [9.17, 15) is 0 Å². The second-order valence-corrected chi connectivity index (χ2v) is 4.78. The fraction of sp³-hybridized carbons (Fsp3) is 0.231. The molecule has 1 aromatic carbocycles. The van der Waals surface area contributed by atoms with Crippen molar-refractivity contribution in [2.24, 2.45) is 5.73 Å². The minimum absolute atomic E-state index is 0.0165. The summed E-state index contributed by atoms with van der Waals surface area (Å²) < 4.78 is 5.49. The highest BCUT2D eigenvalue weighted by Gasteiger charge is 2.15. The summed E-state index contributed by atoms with van der Waals surface area (Å²) >= 11 is 1.68. The average Bonchev–Trinajstić information content (AvgIpc) is 2.98. The fourth-order valence-electron chi connectivity index (χ4n) is 2.04. The molecular weight excluding hydrogens is 218 g/mol. The van der Waals surface area contributed by atoms with Gasteiger partial charge >= 0.3 is 0 Å². The van der Waals surface area contributed by atoms with Crippen LogP contribution in [0.5, 0.6) is 5.75 Å². The van der Waals surface area contributed by atoms with Crippen LogP contribution in [0.25, 0.3) is 0 Å². The molecule has 2 heterocycles. The lowest BCUT2D eigenvalue weighted by atomic mass is 9.99. The minimum Gasteiger partial charge on any atom is -0.493 e. The first-order valence-corrected chi connectivity index (χ1v) is 6.32. The molecule has 1 aromatic heterocycles. The minimum atomic E-state index is -0.0165. The van der Waals surface area contributed by atoms with E-state index < -0.39 is 0 Å². The maximum Gasteiger partial charge on any atom is 0.122 e. The number of nitrogens with two attached hydrogens (primary N) is 1. The highest BCUT2D eigenvalue weighted by atomic mass is 32.1. The highest BCUT2D eigenvalue weighted by Crippen LogP contribution is 2.30. The van der Waals surface area contributed by atoms with Crippen molar-refractivity contribution in [3.05, 3.63) is 51.7 Å². The van der Waals surface area contributed by atoms with Gasteiger partial charge in [-0.25, -0.2) is 0 Å². The molecule has 0 bridgehead atoms. The third-order valence-corrected chi connectivity index (χ3v) is 3.68. The molecule has 3 heteroatoms. The van der Waals surface area contributed by atoms with Crippen molar-refractivity contribution < 1.29 is 4.74 Å². The van der Waals surface area contributed by atoms with Crippen molar-refractivity contribution in [2.75, 3.05) is 6.61 Å². The molecule has 1 aliphatic heterocycles. The van der Waals surface area contributed by atoms with Crippen LogP contribution in [0, 0.1) is 0 Å². The predicted molar refractivity (Wildman–Crippen MR) is 66.0 cm³/mol. The maximum absolute atomic E-state index is 6.22. The summed E-state index contributed by atoms with van der Waals surface area (Å²) in [6, 6.07) is 8.33. The van der Waals surface area contributed by atoms with E-state index in [0.717, 1.165) is 18.8 Å². The summed E-state index contributed by atoms with van der Waals surface area (Å²) in [6.45, 7) is 0.798. The van der Waals surface area contributed by atoms with Gasteiger partial charge in [-0.2, -0.15) is 11.3 Å². The van der Waals surface area contributed by atoms with Gasteiger partial charge in [-0.1, -0.05) is 12.1 Å². The summed E-state index contributed by atoms with van der Waals surface area (Å²) in [5.41, 5.74) is 9.85. The summed E-state index contributed by atoms with van der Waals surface area (Å²) in [5.74, 6) is 1.02. The molecule has 3 rings (SSSR count). The number of benzene rings is 1. The molecule has 1 atom stereocenters. The highest BCUT2D eigenvalue weighted by molar-refractivity contribution is 7.08. The quantitative estimate of drug-likeness (QED) is 0.862. The Bertz CT molecular complexity index is 493. The van der Waals surface area contributed by atoms with E-state index >= 15 is 0 Å². The summed E-state index contributed by atoms with van der Waals surface area (Å²) in [7, 11) is 0. The lowest BCUT2D eigenvalue weighted by Crippen LogP contribution is -2.10. The van der Waals surface area contributed by atoms with E-state index in [1.165, 1.54) is 16.7 Å². The monoisotopic (exact) mass is 231 g/mol. The van der Waals surface area contributed by atoms with Crippen LogP contribution in [-0.2, 0) is 6.42 Å². The number of fused-ring (bicyclic) bond motifs is 1. The molecule has 0 spiro atoms. The van der Waals surface area contributed by atoms with E-state index in [-0.39, 0.29) is 6.04 Å². The Morgan fingerprint density at radius 1 is 1.25 bits per heavy atom. The normalized spacial score (nSPS) is 15.6. The first-order valence-electron chi connectivity index (χ1n) is 5.38. The molecule has 0 unspecified atom stereocenters. The first kappa shape index (κ1) is 9.87. The molecule has 2 aromatic rings. The van der Waals surface area contributed by atoms with Crippen molar-refractivity contribution in [3.63, 3.8) is 0 Å².